The Morgan fingerprint density at radius 3 is 2.39 bits per heavy atom. The maximum Gasteiger partial charge on any atom is 0.240 e. The summed E-state index contributed by atoms with van der Waals surface area (Å²) in [5.41, 5.74) is 0.715. The van der Waals surface area contributed by atoms with E-state index in [0.717, 1.165) is 11.3 Å². The second-order valence-corrected chi connectivity index (χ2v) is 6.82. The molecule has 0 aromatic heterocycles. The van der Waals surface area contributed by atoms with Crippen LogP contribution >= 0.6 is 0 Å². The first-order valence-corrected chi connectivity index (χ1v) is 9.53. The van der Waals surface area contributed by atoms with Crippen LogP contribution in [-0.4, -0.2) is 32.1 Å². The van der Waals surface area contributed by atoms with Crippen molar-refractivity contribution in [1.82, 2.24) is 5.32 Å². The van der Waals surface area contributed by atoms with Crippen molar-refractivity contribution in [3.05, 3.63) is 54.1 Å². The van der Waals surface area contributed by atoms with Crippen molar-refractivity contribution in [2.75, 3.05) is 25.6 Å². The van der Waals surface area contributed by atoms with E-state index >= 15 is 0 Å². The Hall–Kier alpha value is -3.02. The Morgan fingerprint density at radius 2 is 1.75 bits per heavy atom. The van der Waals surface area contributed by atoms with Gasteiger partial charge in [0.05, 0.1) is 19.4 Å². The van der Waals surface area contributed by atoms with Gasteiger partial charge in [0.25, 0.3) is 0 Å². The molecule has 0 radical (unpaired) electrons. The lowest BCUT2D eigenvalue weighted by atomic mass is 10.0. The molecule has 3 rings (SSSR count). The molecule has 0 aliphatic heterocycles. The number of nitrogens with one attached hydrogen (secondary N) is 2. The maximum atomic E-state index is 12.8. The van der Waals surface area contributed by atoms with Crippen molar-refractivity contribution >= 4 is 17.5 Å². The van der Waals surface area contributed by atoms with Crippen LogP contribution in [0, 0.1) is 5.41 Å². The van der Waals surface area contributed by atoms with Gasteiger partial charge in [-0.1, -0.05) is 24.3 Å². The molecule has 1 fully saturated rings. The number of carbonyl (C=O) groups excluding carboxylic acids is 2. The first-order valence-electron chi connectivity index (χ1n) is 9.53. The average Bonchev–Trinajstić information content (AvgIpc) is 3.52. The molecule has 28 heavy (non-hydrogen) atoms. The number of ether oxygens (including phenoxy) is 2. The van der Waals surface area contributed by atoms with Crippen LogP contribution < -0.4 is 20.1 Å². The van der Waals surface area contributed by atoms with E-state index in [2.05, 4.69) is 10.6 Å². The van der Waals surface area contributed by atoms with Crippen LogP contribution in [0.2, 0.25) is 0 Å². The molecule has 0 spiro atoms. The Morgan fingerprint density at radius 1 is 1.04 bits per heavy atom. The van der Waals surface area contributed by atoms with Crippen molar-refractivity contribution in [3.8, 4) is 11.5 Å². The summed E-state index contributed by atoms with van der Waals surface area (Å²) < 4.78 is 10.7. The van der Waals surface area contributed by atoms with E-state index in [0.29, 0.717) is 43.9 Å². The van der Waals surface area contributed by atoms with Gasteiger partial charge in [-0.05, 0) is 56.0 Å². The third kappa shape index (κ3) is 4.44. The van der Waals surface area contributed by atoms with Crippen molar-refractivity contribution < 1.29 is 19.1 Å². The quantitative estimate of drug-likeness (QED) is 0.653. The Balaban J connectivity index is 1.55. The SMILES string of the molecule is CCOc1ccccc1NC(=O)C1(C(=O)NCCc2ccc(OC)cc2)CC1. The van der Waals surface area contributed by atoms with Crippen molar-refractivity contribution in [1.29, 1.82) is 0 Å². The minimum atomic E-state index is -0.973. The first kappa shape index (κ1) is 19.7. The van der Waals surface area contributed by atoms with Crippen molar-refractivity contribution in [2.24, 2.45) is 5.41 Å². The van der Waals surface area contributed by atoms with Crippen LogP contribution in [0.1, 0.15) is 25.3 Å². The highest BCUT2D eigenvalue weighted by atomic mass is 16.5. The number of hydrogen-bond donors (Lipinski definition) is 2. The minimum absolute atomic E-state index is 0.215. The maximum absolute atomic E-state index is 12.8. The summed E-state index contributed by atoms with van der Waals surface area (Å²) in [4.78, 5) is 25.4. The number of hydrogen-bond acceptors (Lipinski definition) is 4. The molecule has 0 bridgehead atoms. The van der Waals surface area contributed by atoms with Gasteiger partial charge in [0.2, 0.25) is 11.8 Å². The number of para-hydroxylation sites is 2. The summed E-state index contributed by atoms with van der Waals surface area (Å²) in [7, 11) is 1.63. The second-order valence-electron chi connectivity index (χ2n) is 6.82. The van der Waals surface area contributed by atoms with E-state index in [4.69, 9.17) is 9.47 Å². The monoisotopic (exact) mass is 382 g/mol. The summed E-state index contributed by atoms with van der Waals surface area (Å²) in [6.45, 7) is 2.87. The molecule has 0 saturated heterocycles. The van der Waals surface area contributed by atoms with Crippen LogP contribution in [0.4, 0.5) is 5.69 Å². The molecule has 0 heterocycles. The highest BCUT2D eigenvalue weighted by Crippen LogP contribution is 2.47. The Labute approximate surface area is 165 Å². The van der Waals surface area contributed by atoms with Gasteiger partial charge in [-0.3, -0.25) is 9.59 Å². The third-order valence-corrected chi connectivity index (χ3v) is 4.91. The van der Waals surface area contributed by atoms with Crippen molar-refractivity contribution in [2.45, 2.75) is 26.2 Å². The minimum Gasteiger partial charge on any atom is -0.497 e. The lowest BCUT2D eigenvalue weighted by molar-refractivity contribution is -0.134. The van der Waals surface area contributed by atoms with Crippen LogP contribution in [0.15, 0.2) is 48.5 Å². The van der Waals surface area contributed by atoms with Gasteiger partial charge in [-0.2, -0.15) is 0 Å². The standard InChI is InChI=1S/C22H26N2O4/c1-3-28-19-7-5-4-6-18(19)24-21(26)22(13-14-22)20(25)23-15-12-16-8-10-17(27-2)11-9-16/h4-11H,3,12-15H2,1-2H3,(H,23,25)(H,24,26). The zero-order chi connectivity index (χ0) is 20.0. The molecular formula is C22H26N2O4. The molecule has 2 amide bonds. The Kier molecular flexibility index (Phi) is 6.19. The summed E-state index contributed by atoms with van der Waals surface area (Å²) in [5, 5.41) is 5.77. The first-order chi connectivity index (χ1) is 13.6. The van der Waals surface area contributed by atoms with Crippen molar-refractivity contribution in [3.63, 3.8) is 0 Å². The molecule has 0 unspecified atom stereocenters. The topological polar surface area (TPSA) is 76.7 Å². The number of amides is 2. The highest BCUT2D eigenvalue weighted by molar-refractivity contribution is 6.13. The van der Waals surface area contributed by atoms with E-state index in [1.165, 1.54) is 0 Å². The molecular weight excluding hydrogens is 356 g/mol. The van der Waals surface area contributed by atoms with Gasteiger partial charge < -0.3 is 20.1 Å². The smallest absolute Gasteiger partial charge is 0.240 e. The normalized spacial score (nSPS) is 14.1. The number of carbonyl (C=O) groups is 2. The summed E-state index contributed by atoms with van der Waals surface area (Å²) >= 11 is 0. The predicted molar refractivity (Wildman–Crippen MR) is 108 cm³/mol. The van der Waals surface area contributed by atoms with Gasteiger partial charge in [0.1, 0.15) is 16.9 Å². The predicted octanol–water partition coefficient (Wildman–Crippen LogP) is 3.17. The van der Waals surface area contributed by atoms with Gasteiger partial charge in [0.15, 0.2) is 0 Å². The lowest BCUT2D eigenvalue weighted by Crippen LogP contribution is -2.40. The lowest BCUT2D eigenvalue weighted by Gasteiger charge is -2.17. The zero-order valence-corrected chi connectivity index (χ0v) is 16.3. The van der Waals surface area contributed by atoms with Gasteiger partial charge in [-0.25, -0.2) is 0 Å². The number of benzene rings is 2. The molecule has 148 valence electrons. The van der Waals surface area contributed by atoms with Gasteiger partial charge in [-0.15, -0.1) is 0 Å². The number of anilines is 1. The van der Waals surface area contributed by atoms with E-state index in [-0.39, 0.29) is 11.8 Å². The molecule has 0 atom stereocenters. The van der Waals surface area contributed by atoms with Gasteiger partial charge in [0, 0.05) is 6.54 Å². The number of methoxy groups -OCH3 is 1. The van der Waals surface area contributed by atoms with Gasteiger partial charge >= 0.3 is 0 Å². The summed E-state index contributed by atoms with van der Waals surface area (Å²) in [5.74, 6) is 0.914. The van der Waals surface area contributed by atoms with E-state index < -0.39 is 5.41 Å². The fourth-order valence-corrected chi connectivity index (χ4v) is 3.06. The third-order valence-electron chi connectivity index (χ3n) is 4.91. The molecule has 1 saturated carbocycles. The van der Waals surface area contributed by atoms with Crippen LogP contribution in [0.5, 0.6) is 11.5 Å². The summed E-state index contributed by atoms with van der Waals surface area (Å²) in [6.07, 6.45) is 1.81. The highest BCUT2D eigenvalue weighted by Gasteiger charge is 2.56. The molecule has 2 aromatic rings. The van der Waals surface area contributed by atoms with E-state index in [1.807, 2.05) is 43.3 Å². The van der Waals surface area contributed by atoms with E-state index in [1.54, 1.807) is 19.2 Å². The average molecular weight is 382 g/mol. The fraction of sp³-hybridized carbons (Fsp3) is 0.364. The van der Waals surface area contributed by atoms with Crippen LogP contribution in [0.3, 0.4) is 0 Å². The second kappa shape index (κ2) is 8.78. The number of rotatable bonds is 9. The molecule has 6 heteroatoms. The largest absolute Gasteiger partial charge is 0.497 e. The van der Waals surface area contributed by atoms with Crippen LogP contribution in [0.25, 0.3) is 0 Å². The molecule has 1 aliphatic carbocycles. The molecule has 6 nitrogen and oxygen atoms in total. The van der Waals surface area contributed by atoms with Crippen LogP contribution in [-0.2, 0) is 16.0 Å². The molecule has 1 aliphatic rings. The molecule has 2 aromatic carbocycles. The Bertz CT molecular complexity index is 829. The fourth-order valence-electron chi connectivity index (χ4n) is 3.06. The molecule has 2 N–H and O–H groups in total. The summed E-state index contributed by atoms with van der Waals surface area (Å²) in [6, 6.07) is 15.0. The van der Waals surface area contributed by atoms with E-state index in [9.17, 15) is 9.59 Å². The zero-order valence-electron chi connectivity index (χ0n) is 16.3.